The zero-order chi connectivity index (χ0) is 15.2. The van der Waals surface area contributed by atoms with Gasteiger partial charge in [-0.3, -0.25) is 4.79 Å². The third-order valence-electron chi connectivity index (χ3n) is 3.76. The van der Waals surface area contributed by atoms with Gasteiger partial charge in [0.25, 0.3) is 5.91 Å². The van der Waals surface area contributed by atoms with Crippen LogP contribution in [0.5, 0.6) is 0 Å². The highest BCUT2D eigenvalue weighted by molar-refractivity contribution is 7.98. The molecule has 2 heterocycles. The van der Waals surface area contributed by atoms with Crippen LogP contribution >= 0.6 is 23.1 Å². The molecule has 0 radical (unpaired) electrons. The fourth-order valence-corrected chi connectivity index (χ4v) is 4.38. The Morgan fingerprint density at radius 2 is 2.05 bits per heavy atom. The molecule has 0 spiro atoms. The number of piperidine rings is 1. The summed E-state index contributed by atoms with van der Waals surface area (Å²) >= 11 is 3.49. The minimum Gasteiger partial charge on any atom is -0.349 e. The largest absolute Gasteiger partial charge is 0.349 e. The monoisotopic (exact) mass is 332 g/mol. The van der Waals surface area contributed by atoms with Gasteiger partial charge in [-0.2, -0.15) is 0 Å². The van der Waals surface area contributed by atoms with E-state index in [1.54, 1.807) is 23.1 Å². The van der Waals surface area contributed by atoms with Crippen molar-refractivity contribution in [2.24, 2.45) is 0 Å². The number of thiophene rings is 1. The van der Waals surface area contributed by atoms with Crippen molar-refractivity contribution in [1.29, 1.82) is 0 Å². The van der Waals surface area contributed by atoms with Gasteiger partial charge in [-0.25, -0.2) is 0 Å². The molecule has 3 rings (SSSR count). The summed E-state index contributed by atoms with van der Waals surface area (Å²) in [6.07, 6.45) is 2.02. The molecule has 1 amide bonds. The second kappa shape index (κ2) is 7.81. The van der Waals surface area contributed by atoms with E-state index in [-0.39, 0.29) is 5.91 Å². The lowest BCUT2D eigenvalue weighted by Gasteiger charge is -2.24. The first-order valence-corrected chi connectivity index (χ1v) is 9.45. The molecule has 1 aliphatic heterocycles. The van der Waals surface area contributed by atoms with Crippen LogP contribution in [0.15, 0.2) is 46.7 Å². The highest BCUT2D eigenvalue weighted by atomic mass is 32.2. The quantitative estimate of drug-likeness (QED) is 0.823. The van der Waals surface area contributed by atoms with Gasteiger partial charge in [0.1, 0.15) is 0 Å². The van der Waals surface area contributed by atoms with Gasteiger partial charge in [-0.1, -0.05) is 18.2 Å². The lowest BCUT2D eigenvalue weighted by molar-refractivity contribution is 0.0926. The number of hydrogen-bond acceptors (Lipinski definition) is 4. The first kappa shape index (κ1) is 15.6. The van der Waals surface area contributed by atoms with Crippen LogP contribution in [0.4, 0.5) is 0 Å². The van der Waals surface area contributed by atoms with Crippen molar-refractivity contribution in [2.75, 3.05) is 13.1 Å². The van der Waals surface area contributed by atoms with Gasteiger partial charge in [-0.15, -0.1) is 23.1 Å². The fraction of sp³-hybridized carbons (Fsp3) is 0.353. The van der Waals surface area contributed by atoms with E-state index in [0.29, 0.717) is 6.04 Å². The van der Waals surface area contributed by atoms with Crippen LogP contribution in [0, 0.1) is 0 Å². The van der Waals surface area contributed by atoms with E-state index in [1.165, 1.54) is 4.88 Å². The molecule has 116 valence electrons. The number of benzene rings is 1. The van der Waals surface area contributed by atoms with Gasteiger partial charge in [-0.05, 0) is 49.5 Å². The SMILES string of the molecule is O=C(NC1CCNCC1)c1ccccc1SCc1cccs1. The minimum absolute atomic E-state index is 0.0566. The maximum Gasteiger partial charge on any atom is 0.252 e. The summed E-state index contributed by atoms with van der Waals surface area (Å²) in [4.78, 5) is 14.9. The first-order valence-electron chi connectivity index (χ1n) is 7.59. The average Bonchev–Trinajstić information content (AvgIpc) is 3.07. The molecular formula is C17H20N2OS2. The summed E-state index contributed by atoms with van der Waals surface area (Å²) in [6, 6.07) is 12.4. The van der Waals surface area contributed by atoms with Crippen LogP contribution in [0.3, 0.4) is 0 Å². The molecule has 0 unspecified atom stereocenters. The third kappa shape index (κ3) is 4.12. The summed E-state index contributed by atoms with van der Waals surface area (Å²) in [5.74, 6) is 0.969. The molecule has 1 aromatic carbocycles. The lowest BCUT2D eigenvalue weighted by atomic mass is 10.1. The Kier molecular flexibility index (Phi) is 5.53. The van der Waals surface area contributed by atoms with Crippen LogP contribution < -0.4 is 10.6 Å². The van der Waals surface area contributed by atoms with E-state index in [2.05, 4.69) is 28.1 Å². The van der Waals surface area contributed by atoms with Crippen molar-refractivity contribution in [2.45, 2.75) is 29.5 Å². The number of rotatable bonds is 5. The third-order valence-corrected chi connectivity index (χ3v) is 5.94. The normalized spacial score (nSPS) is 15.6. The summed E-state index contributed by atoms with van der Waals surface area (Å²) in [5, 5.41) is 8.59. The zero-order valence-corrected chi connectivity index (χ0v) is 14.0. The van der Waals surface area contributed by atoms with Crippen molar-refractivity contribution in [3.05, 3.63) is 52.2 Å². The summed E-state index contributed by atoms with van der Waals surface area (Å²) in [5.41, 5.74) is 0.794. The Bertz CT molecular complexity index is 607. The molecule has 0 bridgehead atoms. The van der Waals surface area contributed by atoms with Gasteiger partial charge in [0, 0.05) is 21.6 Å². The van der Waals surface area contributed by atoms with Crippen molar-refractivity contribution >= 4 is 29.0 Å². The molecule has 5 heteroatoms. The summed E-state index contributed by atoms with van der Waals surface area (Å²) < 4.78 is 0. The Morgan fingerprint density at radius 1 is 1.23 bits per heavy atom. The molecule has 1 saturated heterocycles. The molecular weight excluding hydrogens is 312 g/mol. The number of hydrogen-bond donors (Lipinski definition) is 2. The Labute approximate surface area is 139 Å². The number of carbonyl (C=O) groups is 1. The molecule has 1 aromatic heterocycles. The second-order valence-electron chi connectivity index (χ2n) is 5.36. The highest BCUT2D eigenvalue weighted by Gasteiger charge is 2.18. The van der Waals surface area contributed by atoms with E-state index in [4.69, 9.17) is 0 Å². The van der Waals surface area contributed by atoms with Gasteiger partial charge in [0.2, 0.25) is 0 Å². The molecule has 3 nitrogen and oxygen atoms in total. The van der Waals surface area contributed by atoms with E-state index >= 15 is 0 Å². The summed E-state index contributed by atoms with van der Waals surface area (Å²) in [6.45, 7) is 1.97. The van der Waals surface area contributed by atoms with Crippen molar-refractivity contribution in [1.82, 2.24) is 10.6 Å². The van der Waals surface area contributed by atoms with Crippen LogP contribution in [0.2, 0.25) is 0 Å². The van der Waals surface area contributed by atoms with E-state index < -0.39 is 0 Å². The highest BCUT2D eigenvalue weighted by Crippen LogP contribution is 2.28. The predicted octanol–water partition coefficient (Wildman–Crippen LogP) is 3.52. The van der Waals surface area contributed by atoms with Gasteiger partial charge in [0.15, 0.2) is 0 Å². The molecule has 22 heavy (non-hydrogen) atoms. The van der Waals surface area contributed by atoms with E-state index in [1.807, 2.05) is 24.3 Å². The van der Waals surface area contributed by atoms with E-state index in [0.717, 1.165) is 42.1 Å². The summed E-state index contributed by atoms with van der Waals surface area (Å²) in [7, 11) is 0. The number of nitrogens with one attached hydrogen (secondary N) is 2. The van der Waals surface area contributed by atoms with Crippen molar-refractivity contribution < 1.29 is 4.79 Å². The van der Waals surface area contributed by atoms with Crippen LogP contribution in [0.25, 0.3) is 0 Å². The van der Waals surface area contributed by atoms with Crippen molar-refractivity contribution in [3.63, 3.8) is 0 Å². The molecule has 2 aromatic rings. The average molecular weight is 332 g/mol. The predicted molar refractivity (Wildman–Crippen MR) is 93.7 cm³/mol. The van der Waals surface area contributed by atoms with Gasteiger partial charge >= 0.3 is 0 Å². The second-order valence-corrected chi connectivity index (χ2v) is 7.41. The first-order chi connectivity index (χ1) is 10.8. The number of amides is 1. The van der Waals surface area contributed by atoms with E-state index in [9.17, 15) is 4.79 Å². The standard InChI is InChI=1S/C17H20N2OS2/c20-17(19-13-7-9-18-10-8-13)15-5-1-2-6-16(15)22-12-14-4-3-11-21-14/h1-6,11,13,18H,7-10,12H2,(H,19,20). The Balaban J connectivity index is 1.65. The zero-order valence-electron chi connectivity index (χ0n) is 12.4. The minimum atomic E-state index is 0.0566. The number of thioether (sulfide) groups is 1. The van der Waals surface area contributed by atoms with Crippen LogP contribution in [-0.2, 0) is 5.75 Å². The van der Waals surface area contributed by atoms with Gasteiger partial charge in [0.05, 0.1) is 5.56 Å². The topological polar surface area (TPSA) is 41.1 Å². The molecule has 1 aliphatic rings. The Morgan fingerprint density at radius 3 is 2.82 bits per heavy atom. The van der Waals surface area contributed by atoms with Crippen LogP contribution in [-0.4, -0.2) is 25.0 Å². The van der Waals surface area contributed by atoms with Gasteiger partial charge < -0.3 is 10.6 Å². The molecule has 2 N–H and O–H groups in total. The maximum atomic E-state index is 12.6. The fourth-order valence-electron chi connectivity index (χ4n) is 2.55. The maximum absolute atomic E-state index is 12.6. The molecule has 0 atom stereocenters. The van der Waals surface area contributed by atoms with Crippen molar-refractivity contribution in [3.8, 4) is 0 Å². The smallest absolute Gasteiger partial charge is 0.252 e. The molecule has 1 fully saturated rings. The number of carbonyl (C=O) groups excluding carboxylic acids is 1. The Hall–Kier alpha value is -1.30. The molecule has 0 aliphatic carbocycles. The van der Waals surface area contributed by atoms with Crippen LogP contribution in [0.1, 0.15) is 28.1 Å². The molecule has 0 saturated carbocycles. The lowest BCUT2D eigenvalue weighted by Crippen LogP contribution is -2.42.